The highest BCUT2D eigenvalue weighted by molar-refractivity contribution is 9.10. The first-order valence-electron chi connectivity index (χ1n) is 6.51. The third kappa shape index (κ3) is 2.94. The summed E-state index contributed by atoms with van der Waals surface area (Å²) in [6, 6.07) is 3.57. The van der Waals surface area contributed by atoms with E-state index < -0.39 is 34.0 Å². The number of ketones is 1. The number of fused-ring (bicyclic) bond motifs is 1. The molecule has 2 heterocycles. The van der Waals surface area contributed by atoms with Crippen molar-refractivity contribution in [2.75, 3.05) is 11.0 Å². The van der Waals surface area contributed by atoms with Gasteiger partial charge in [-0.2, -0.15) is 5.10 Å². The van der Waals surface area contributed by atoms with Gasteiger partial charge >= 0.3 is 0 Å². The van der Waals surface area contributed by atoms with Crippen molar-refractivity contribution in [3.05, 3.63) is 51.8 Å². The average Bonchev–Trinajstić information content (AvgIpc) is 2.92. The summed E-state index contributed by atoms with van der Waals surface area (Å²) in [5.74, 6) is -3.07. The summed E-state index contributed by atoms with van der Waals surface area (Å²) in [5, 5.41) is 6.63. The van der Waals surface area contributed by atoms with E-state index in [-0.39, 0.29) is 17.0 Å². The van der Waals surface area contributed by atoms with Crippen LogP contribution in [0.3, 0.4) is 0 Å². The van der Waals surface area contributed by atoms with Crippen LogP contribution in [0, 0.1) is 11.6 Å². The molecule has 1 atom stereocenters. The summed E-state index contributed by atoms with van der Waals surface area (Å²) in [6.07, 6.45) is 2.77. The SMILES string of the molecule is CS(=O)Nc1ccc(F)c(C(=O)c2[nH]nc3ncc(Br)cc23)c1F. The van der Waals surface area contributed by atoms with E-state index in [0.29, 0.717) is 9.86 Å². The number of hydrogen-bond donors (Lipinski definition) is 2. The first kappa shape index (κ1) is 16.7. The number of carbonyl (C=O) groups is 1. The highest BCUT2D eigenvalue weighted by Gasteiger charge is 2.25. The fraction of sp³-hybridized carbons (Fsp3) is 0.0714. The first-order valence-corrected chi connectivity index (χ1v) is 8.86. The largest absolute Gasteiger partial charge is 0.303 e. The number of nitrogens with zero attached hydrogens (tertiary/aromatic N) is 2. The van der Waals surface area contributed by atoms with Gasteiger partial charge in [-0.25, -0.2) is 18.0 Å². The number of anilines is 1. The molecular formula is C14H9BrF2N4O2S. The Hall–Kier alpha value is -2.20. The van der Waals surface area contributed by atoms with Gasteiger partial charge in [0.1, 0.15) is 22.5 Å². The molecule has 24 heavy (non-hydrogen) atoms. The maximum absolute atomic E-state index is 14.5. The predicted octanol–water partition coefficient (Wildman–Crippen LogP) is 2.94. The molecule has 2 aromatic heterocycles. The Balaban J connectivity index is 2.15. The number of benzene rings is 1. The normalized spacial score (nSPS) is 12.3. The van der Waals surface area contributed by atoms with E-state index in [1.807, 2.05) is 0 Å². The van der Waals surface area contributed by atoms with Crippen LogP contribution in [-0.4, -0.2) is 31.4 Å². The number of aromatic amines is 1. The number of hydrogen-bond acceptors (Lipinski definition) is 4. The van der Waals surface area contributed by atoms with E-state index in [2.05, 4.69) is 35.8 Å². The highest BCUT2D eigenvalue weighted by Crippen LogP contribution is 2.26. The van der Waals surface area contributed by atoms with Crippen molar-refractivity contribution in [1.29, 1.82) is 0 Å². The lowest BCUT2D eigenvalue weighted by Gasteiger charge is -2.09. The van der Waals surface area contributed by atoms with Crippen LogP contribution in [-0.2, 0) is 11.0 Å². The van der Waals surface area contributed by atoms with Gasteiger partial charge in [0.15, 0.2) is 11.5 Å². The molecule has 0 aliphatic rings. The first-order chi connectivity index (χ1) is 11.4. The second-order valence-electron chi connectivity index (χ2n) is 4.79. The summed E-state index contributed by atoms with van der Waals surface area (Å²) in [5.41, 5.74) is -0.850. The summed E-state index contributed by atoms with van der Waals surface area (Å²) in [7, 11) is -1.58. The van der Waals surface area contributed by atoms with E-state index in [0.717, 1.165) is 12.1 Å². The molecule has 3 rings (SSSR count). The molecule has 0 fully saturated rings. The van der Waals surface area contributed by atoms with Crippen LogP contribution in [0.15, 0.2) is 28.9 Å². The maximum Gasteiger partial charge on any atom is 0.217 e. The quantitative estimate of drug-likeness (QED) is 0.642. The van der Waals surface area contributed by atoms with Crippen LogP contribution in [0.4, 0.5) is 14.5 Å². The van der Waals surface area contributed by atoms with Gasteiger partial charge in [0.2, 0.25) is 5.78 Å². The Bertz CT molecular complexity index is 992. The molecule has 0 saturated carbocycles. The van der Waals surface area contributed by atoms with Crippen LogP contribution in [0.2, 0.25) is 0 Å². The topological polar surface area (TPSA) is 87.7 Å². The Morgan fingerprint density at radius 2 is 2.12 bits per heavy atom. The minimum atomic E-state index is -1.58. The molecule has 0 saturated heterocycles. The molecule has 0 radical (unpaired) electrons. The van der Waals surface area contributed by atoms with Crippen molar-refractivity contribution in [1.82, 2.24) is 15.2 Å². The molecule has 6 nitrogen and oxygen atoms in total. The van der Waals surface area contributed by atoms with E-state index in [4.69, 9.17) is 0 Å². The van der Waals surface area contributed by atoms with Gasteiger partial charge in [0, 0.05) is 16.9 Å². The molecule has 3 aromatic rings. The van der Waals surface area contributed by atoms with Crippen molar-refractivity contribution < 1.29 is 17.8 Å². The molecule has 2 N–H and O–H groups in total. The molecule has 0 aliphatic carbocycles. The third-order valence-corrected chi connectivity index (χ3v) is 4.12. The van der Waals surface area contributed by atoms with E-state index >= 15 is 0 Å². The van der Waals surface area contributed by atoms with Crippen molar-refractivity contribution >= 4 is 49.4 Å². The summed E-state index contributed by atoms with van der Waals surface area (Å²) >= 11 is 3.22. The molecule has 0 bridgehead atoms. The molecular weight excluding hydrogens is 406 g/mol. The van der Waals surface area contributed by atoms with Crippen LogP contribution < -0.4 is 4.72 Å². The molecule has 0 amide bonds. The summed E-state index contributed by atoms with van der Waals surface area (Å²) < 4.78 is 42.7. The van der Waals surface area contributed by atoms with Crippen LogP contribution in [0.1, 0.15) is 16.1 Å². The zero-order valence-electron chi connectivity index (χ0n) is 12.1. The smallest absolute Gasteiger partial charge is 0.217 e. The monoisotopic (exact) mass is 414 g/mol. The fourth-order valence-electron chi connectivity index (χ4n) is 2.17. The molecule has 1 aromatic carbocycles. The van der Waals surface area contributed by atoms with Gasteiger partial charge in [0.25, 0.3) is 0 Å². The number of rotatable bonds is 4. The Morgan fingerprint density at radius 3 is 2.83 bits per heavy atom. The summed E-state index contributed by atoms with van der Waals surface area (Å²) in [4.78, 5) is 16.6. The zero-order valence-corrected chi connectivity index (χ0v) is 14.5. The number of halogens is 3. The lowest BCUT2D eigenvalue weighted by atomic mass is 10.0. The lowest BCUT2D eigenvalue weighted by molar-refractivity contribution is 0.102. The average molecular weight is 415 g/mol. The molecule has 0 spiro atoms. The second kappa shape index (κ2) is 6.36. The maximum atomic E-state index is 14.5. The number of nitrogens with one attached hydrogen (secondary N) is 2. The Labute approximate surface area is 145 Å². The van der Waals surface area contributed by atoms with Crippen LogP contribution >= 0.6 is 15.9 Å². The van der Waals surface area contributed by atoms with Crippen LogP contribution in [0.5, 0.6) is 0 Å². The molecule has 10 heteroatoms. The molecule has 1 unspecified atom stereocenters. The lowest BCUT2D eigenvalue weighted by Crippen LogP contribution is -2.12. The van der Waals surface area contributed by atoms with Crippen molar-refractivity contribution in [2.24, 2.45) is 0 Å². The minimum absolute atomic E-state index is 0.0913. The van der Waals surface area contributed by atoms with Crippen molar-refractivity contribution in [3.8, 4) is 0 Å². The van der Waals surface area contributed by atoms with Gasteiger partial charge < -0.3 is 4.72 Å². The fourth-order valence-corrected chi connectivity index (χ4v) is 2.97. The second-order valence-corrected chi connectivity index (χ2v) is 6.82. The van der Waals surface area contributed by atoms with Gasteiger partial charge in [-0.1, -0.05) is 0 Å². The molecule has 0 aliphatic heterocycles. The van der Waals surface area contributed by atoms with E-state index in [1.165, 1.54) is 12.5 Å². The Kier molecular flexibility index (Phi) is 4.41. The highest BCUT2D eigenvalue weighted by atomic mass is 79.9. The van der Waals surface area contributed by atoms with Gasteiger partial charge in [-0.05, 0) is 34.1 Å². The molecule has 124 valence electrons. The zero-order chi connectivity index (χ0) is 17.4. The number of carbonyl (C=O) groups excluding carboxylic acids is 1. The third-order valence-electron chi connectivity index (χ3n) is 3.18. The van der Waals surface area contributed by atoms with Crippen LogP contribution in [0.25, 0.3) is 11.0 Å². The summed E-state index contributed by atoms with van der Waals surface area (Å²) in [6.45, 7) is 0. The minimum Gasteiger partial charge on any atom is -0.303 e. The van der Waals surface area contributed by atoms with E-state index in [9.17, 15) is 17.8 Å². The number of pyridine rings is 1. The number of aromatic nitrogens is 3. The Morgan fingerprint density at radius 1 is 1.38 bits per heavy atom. The number of H-pyrrole nitrogens is 1. The van der Waals surface area contributed by atoms with Crippen molar-refractivity contribution in [2.45, 2.75) is 0 Å². The predicted molar refractivity (Wildman–Crippen MR) is 89.1 cm³/mol. The van der Waals surface area contributed by atoms with Crippen molar-refractivity contribution in [3.63, 3.8) is 0 Å². The van der Waals surface area contributed by atoms with Gasteiger partial charge in [0.05, 0.1) is 16.6 Å². The van der Waals surface area contributed by atoms with Gasteiger partial charge in [-0.3, -0.25) is 9.89 Å². The van der Waals surface area contributed by atoms with Gasteiger partial charge in [-0.15, -0.1) is 0 Å². The van der Waals surface area contributed by atoms with E-state index in [1.54, 1.807) is 6.07 Å². The standard InChI is InChI=1S/C14H9BrF2N4O2S/c1-24(23)21-9-3-2-8(16)10(11(9)17)13(22)12-7-4-6(15)5-18-14(7)20-19-12/h2-5,21H,1H3,(H,18,19,20).